The third kappa shape index (κ3) is 5.95. The van der Waals surface area contributed by atoms with E-state index in [0.29, 0.717) is 36.9 Å². The second-order valence-corrected chi connectivity index (χ2v) is 15.0. The molecule has 14 heteroatoms. The minimum Gasteiger partial charge on any atom is -0.340 e. The summed E-state index contributed by atoms with van der Waals surface area (Å²) in [5.41, 5.74) is -4.25. The van der Waals surface area contributed by atoms with Crippen LogP contribution in [0.2, 0.25) is 0 Å². The number of carbonyl (C=O) groups is 3. The number of nitriles is 1. The van der Waals surface area contributed by atoms with Crippen molar-refractivity contribution in [1.29, 1.82) is 5.26 Å². The van der Waals surface area contributed by atoms with Crippen molar-refractivity contribution in [2.45, 2.75) is 68.2 Å². The molecule has 1 aromatic heterocycles. The average molecular weight is 671 g/mol. The first-order valence-corrected chi connectivity index (χ1v) is 17.7. The minimum absolute atomic E-state index is 0.123. The van der Waals surface area contributed by atoms with Gasteiger partial charge in [-0.25, -0.2) is 0 Å². The fraction of sp³-hybridized carbons (Fsp3) is 0.438. The highest BCUT2D eigenvalue weighted by molar-refractivity contribution is 7.52. The zero-order chi connectivity index (χ0) is 32.8. The fourth-order valence-corrected chi connectivity index (χ4v) is 8.46. The molecule has 46 heavy (non-hydrogen) atoms. The summed E-state index contributed by atoms with van der Waals surface area (Å²) in [6.07, 6.45) is 3.74. The van der Waals surface area contributed by atoms with Crippen LogP contribution in [-0.2, 0) is 19.8 Å². The van der Waals surface area contributed by atoms with Crippen LogP contribution in [0.25, 0.3) is 10.1 Å². The molecule has 0 spiro atoms. The number of rotatable bonds is 6. The number of nitrogens with one attached hydrogen (secondary N) is 1. The number of alkyl halides is 2. The molecule has 3 aliphatic rings. The largest absolute Gasteiger partial charge is 0.399 e. The first-order valence-electron chi connectivity index (χ1n) is 15.2. The second-order valence-electron chi connectivity index (χ2n) is 12.2. The Morgan fingerprint density at radius 3 is 2.43 bits per heavy atom. The van der Waals surface area contributed by atoms with Gasteiger partial charge in [-0.15, -0.1) is 11.3 Å². The summed E-state index contributed by atoms with van der Waals surface area (Å²) in [6.45, 7) is 0.671. The number of hydrogen-bond acceptors (Lipinski definition) is 6. The molecule has 2 aromatic carbocycles. The zero-order valence-corrected chi connectivity index (χ0v) is 26.4. The molecule has 3 fully saturated rings. The van der Waals surface area contributed by atoms with Gasteiger partial charge in [-0.2, -0.15) is 14.0 Å². The van der Waals surface area contributed by atoms with Crippen LogP contribution in [0.1, 0.15) is 65.2 Å². The Morgan fingerprint density at radius 2 is 1.74 bits per heavy atom. The Kier molecular flexibility index (Phi) is 8.76. The van der Waals surface area contributed by atoms with Gasteiger partial charge in [-0.1, -0.05) is 36.4 Å². The lowest BCUT2D eigenvalue weighted by molar-refractivity contribution is -0.150. The SMILES string of the molecule is N#C[C@H]1CN(C(=O)[C@@H]2CCC[C@@H]3CCC[C@H](NC(=O)c4cc5cc(C(F)(F)P(=O)(O)O)ccc5s4)C(=O)N32)C[C@@H]1c1ccccc1. The molecule has 3 N–H and O–H groups in total. The van der Waals surface area contributed by atoms with E-state index in [0.717, 1.165) is 41.9 Å². The van der Waals surface area contributed by atoms with Gasteiger partial charge in [0.25, 0.3) is 5.91 Å². The smallest absolute Gasteiger partial charge is 0.340 e. The molecule has 0 unspecified atom stereocenters. The van der Waals surface area contributed by atoms with E-state index in [2.05, 4.69) is 11.4 Å². The summed E-state index contributed by atoms with van der Waals surface area (Å²) in [5, 5.41) is 12.9. The number of likely N-dealkylation sites (tertiary alicyclic amines) is 1. The Labute approximate surface area is 268 Å². The number of halogens is 2. The van der Waals surface area contributed by atoms with Crippen molar-refractivity contribution in [3.8, 4) is 6.07 Å². The van der Waals surface area contributed by atoms with Crippen LogP contribution in [0, 0.1) is 17.2 Å². The quantitative estimate of drug-likeness (QED) is 0.315. The van der Waals surface area contributed by atoms with Gasteiger partial charge in [0.15, 0.2) is 0 Å². The van der Waals surface area contributed by atoms with Crippen molar-refractivity contribution < 1.29 is 37.5 Å². The molecule has 5 atom stereocenters. The zero-order valence-electron chi connectivity index (χ0n) is 24.7. The van der Waals surface area contributed by atoms with Crippen molar-refractivity contribution in [2.24, 2.45) is 5.92 Å². The lowest BCUT2D eigenvalue weighted by Crippen LogP contribution is -2.59. The number of fused-ring (bicyclic) bond motifs is 2. The fourth-order valence-electron chi connectivity index (χ4n) is 7.04. The number of hydrogen-bond donors (Lipinski definition) is 3. The third-order valence-corrected chi connectivity index (χ3v) is 11.5. The Morgan fingerprint density at radius 1 is 1.02 bits per heavy atom. The maximum absolute atomic E-state index is 14.3. The molecular weight excluding hydrogens is 637 g/mol. The van der Waals surface area contributed by atoms with Gasteiger partial charge in [0.1, 0.15) is 12.1 Å². The second kappa shape index (κ2) is 12.5. The van der Waals surface area contributed by atoms with Gasteiger partial charge in [-0.3, -0.25) is 18.9 Å². The normalized spacial score (nSPS) is 25.5. The van der Waals surface area contributed by atoms with Crippen LogP contribution in [0.4, 0.5) is 8.78 Å². The number of benzene rings is 2. The molecule has 3 amide bonds. The highest BCUT2D eigenvalue weighted by Gasteiger charge is 2.50. The molecule has 0 radical (unpaired) electrons. The molecule has 6 rings (SSSR count). The number of carbonyl (C=O) groups excluding carboxylic acids is 3. The molecule has 3 aliphatic heterocycles. The van der Waals surface area contributed by atoms with Crippen molar-refractivity contribution in [3.63, 3.8) is 0 Å². The van der Waals surface area contributed by atoms with Gasteiger partial charge in [0, 0.05) is 35.3 Å². The molecule has 3 saturated heterocycles. The summed E-state index contributed by atoms with van der Waals surface area (Å²) >= 11 is 1.01. The summed E-state index contributed by atoms with van der Waals surface area (Å²) < 4.78 is 40.4. The number of amides is 3. The Balaban J connectivity index is 1.19. The number of piperidine rings is 1. The molecular formula is C32H33F2N4O6PS. The molecule has 4 heterocycles. The first kappa shape index (κ1) is 32.3. The van der Waals surface area contributed by atoms with Crippen LogP contribution in [0.3, 0.4) is 0 Å². The minimum atomic E-state index is -5.76. The monoisotopic (exact) mass is 670 g/mol. The van der Waals surface area contributed by atoms with Crippen LogP contribution in [0.15, 0.2) is 54.6 Å². The van der Waals surface area contributed by atoms with Gasteiger partial charge >= 0.3 is 13.3 Å². The molecule has 3 aromatic rings. The summed E-state index contributed by atoms with van der Waals surface area (Å²) in [7, 11) is -5.76. The van der Waals surface area contributed by atoms with Crippen LogP contribution in [-0.4, -0.2) is 68.5 Å². The Hall–Kier alpha value is -3.69. The van der Waals surface area contributed by atoms with Crippen LogP contribution in [0.5, 0.6) is 0 Å². The highest BCUT2D eigenvalue weighted by atomic mass is 32.1. The average Bonchev–Trinajstić information content (AvgIpc) is 3.64. The highest BCUT2D eigenvalue weighted by Crippen LogP contribution is 2.59. The standard InChI is InChI=1S/C32H33F2N4O6PS/c33-32(34,45(42,43)44)22-12-13-27-20(14-22)15-28(46-27)29(39)36-25-10-4-8-23-9-5-11-26(38(23)30(25)40)31(41)37-17-21(16-35)24(18-37)19-6-2-1-3-7-19/h1-3,6-7,12-15,21,23-26H,4-5,8-11,17-18H2,(H,36,39)(H2,42,43,44)/t21-,23-,24+,25-,26-/m0/s1. The van der Waals surface area contributed by atoms with Gasteiger partial charge < -0.3 is 24.9 Å². The number of thiophene rings is 1. The summed E-state index contributed by atoms with van der Waals surface area (Å²) in [5.74, 6) is -1.59. The maximum atomic E-state index is 14.3. The lowest BCUT2D eigenvalue weighted by atomic mass is 9.90. The van der Waals surface area contributed by atoms with Crippen LogP contribution < -0.4 is 5.32 Å². The molecule has 0 saturated carbocycles. The van der Waals surface area contributed by atoms with Gasteiger partial charge in [-0.05, 0) is 67.7 Å². The van der Waals surface area contributed by atoms with Crippen molar-refractivity contribution in [1.82, 2.24) is 15.1 Å². The van der Waals surface area contributed by atoms with Gasteiger partial charge in [0.05, 0.1) is 16.9 Å². The third-order valence-electron chi connectivity index (χ3n) is 9.40. The maximum Gasteiger partial charge on any atom is 0.399 e. The summed E-state index contributed by atoms with van der Waals surface area (Å²) in [4.78, 5) is 63.1. The van der Waals surface area contributed by atoms with E-state index in [4.69, 9.17) is 9.79 Å². The van der Waals surface area contributed by atoms with Crippen molar-refractivity contribution in [2.75, 3.05) is 13.1 Å². The lowest BCUT2D eigenvalue weighted by Gasteiger charge is -2.42. The van der Waals surface area contributed by atoms with E-state index >= 15 is 0 Å². The van der Waals surface area contributed by atoms with E-state index in [1.165, 1.54) is 12.1 Å². The van der Waals surface area contributed by atoms with Crippen LogP contribution >= 0.6 is 18.9 Å². The van der Waals surface area contributed by atoms with Crippen molar-refractivity contribution >= 4 is 46.7 Å². The predicted molar refractivity (Wildman–Crippen MR) is 166 cm³/mol. The number of nitrogens with zero attached hydrogens (tertiary/aromatic N) is 3. The van der Waals surface area contributed by atoms with E-state index < -0.39 is 36.8 Å². The topological polar surface area (TPSA) is 151 Å². The molecule has 10 nitrogen and oxygen atoms in total. The van der Waals surface area contributed by atoms with E-state index in [-0.39, 0.29) is 46.5 Å². The van der Waals surface area contributed by atoms with Crippen molar-refractivity contribution in [3.05, 3.63) is 70.6 Å². The van der Waals surface area contributed by atoms with E-state index in [9.17, 15) is 33.0 Å². The summed E-state index contributed by atoms with van der Waals surface area (Å²) in [6, 6.07) is 14.7. The van der Waals surface area contributed by atoms with E-state index in [1.807, 2.05) is 30.3 Å². The predicted octanol–water partition coefficient (Wildman–Crippen LogP) is 4.93. The molecule has 242 valence electrons. The Bertz CT molecular complexity index is 1760. The van der Waals surface area contributed by atoms with E-state index in [1.54, 1.807) is 9.80 Å². The molecule has 0 aliphatic carbocycles. The van der Waals surface area contributed by atoms with Gasteiger partial charge in [0.2, 0.25) is 11.8 Å². The molecule has 0 bridgehead atoms. The first-order chi connectivity index (χ1) is 21.9.